The molecule has 2 atom stereocenters. The summed E-state index contributed by atoms with van der Waals surface area (Å²) in [6.07, 6.45) is 4.02. The average Bonchev–Trinajstić information content (AvgIpc) is 2.59. The minimum absolute atomic E-state index is 0.351. The zero-order valence-corrected chi connectivity index (χ0v) is 12.6. The maximum atomic E-state index is 5.79. The molecule has 0 N–H and O–H groups in total. The normalized spacial score (nSPS) is 24.1. The van der Waals surface area contributed by atoms with Gasteiger partial charge in [0.25, 0.3) is 0 Å². The minimum Gasteiger partial charge on any atom is -0.377 e. The number of hydrogen-bond donors (Lipinski definition) is 0. The molecular formula is C11H14Br2OS. The van der Waals surface area contributed by atoms with Gasteiger partial charge in [0, 0.05) is 20.8 Å². The highest BCUT2D eigenvalue weighted by atomic mass is 79.9. The highest BCUT2D eigenvalue weighted by molar-refractivity contribution is 9.10. The van der Waals surface area contributed by atoms with Gasteiger partial charge in [0.2, 0.25) is 0 Å². The van der Waals surface area contributed by atoms with Crippen molar-refractivity contribution < 1.29 is 4.74 Å². The van der Waals surface area contributed by atoms with Crippen molar-refractivity contribution in [3.63, 3.8) is 0 Å². The highest BCUT2D eigenvalue weighted by Crippen LogP contribution is 2.39. The van der Waals surface area contributed by atoms with Crippen molar-refractivity contribution in [2.75, 3.05) is 6.61 Å². The SMILES string of the molecule is Cc1sc(C(Br)C2CCCCO2)cc1Br. The maximum absolute atomic E-state index is 5.79. The van der Waals surface area contributed by atoms with E-state index in [1.165, 1.54) is 33.5 Å². The first kappa shape index (κ1) is 12.1. The Morgan fingerprint density at radius 2 is 2.33 bits per heavy atom. The molecule has 0 amide bonds. The van der Waals surface area contributed by atoms with Crippen LogP contribution in [0.5, 0.6) is 0 Å². The molecule has 0 saturated carbocycles. The molecule has 0 spiro atoms. The lowest BCUT2D eigenvalue weighted by molar-refractivity contribution is 0.0165. The van der Waals surface area contributed by atoms with Gasteiger partial charge in [-0.2, -0.15) is 0 Å². The van der Waals surface area contributed by atoms with Crippen LogP contribution >= 0.6 is 43.2 Å². The molecule has 1 aliphatic heterocycles. The Morgan fingerprint density at radius 1 is 1.53 bits per heavy atom. The Kier molecular flexibility index (Phi) is 4.27. The Bertz CT molecular complexity index is 312. The number of aryl methyl sites for hydroxylation is 1. The Labute approximate surface area is 111 Å². The molecule has 0 bridgehead atoms. The van der Waals surface area contributed by atoms with Gasteiger partial charge in [0.1, 0.15) is 0 Å². The largest absolute Gasteiger partial charge is 0.377 e. The summed E-state index contributed by atoms with van der Waals surface area (Å²) in [5, 5.41) is 0. The van der Waals surface area contributed by atoms with Crippen LogP contribution < -0.4 is 0 Å². The van der Waals surface area contributed by atoms with Gasteiger partial charge >= 0.3 is 0 Å². The van der Waals surface area contributed by atoms with E-state index in [4.69, 9.17) is 4.74 Å². The Balaban J connectivity index is 2.08. The van der Waals surface area contributed by atoms with Crippen molar-refractivity contribution in [3.8, 4) is 0 Å². The first-order valence-electron chi connectivity index (χ1n) is 5.20. The molecule has 2 unspecified atom stereocenters. The van der Waals surface area contributed by atoms with Gasteiger partial charge in [0.05, 0.1) is 10.9 Å². The molecule has 1 nitrogen and oxygen atoms in total. The third-order valence-corrected chi connectivity index (χ3v) is 6.30. The van der Waals surface area contributed by atoms with E-state index in [2.05, 4.69) is 44.8 Å². The summed E-state index contributed by atoms with van der Waals surface area (Å²) in [6, 6.07) is 2.21. The van der Waals surface area contributed by atoms with Crippen LogP contribution in [0.25, 0.3) is 0 Å². The van der Waals surface area contributed by atoms with Crippen LogP contribution in [0, 0.1) is 6.92 Å². The lowest BCUT2D eigenvalue weighted by Gasteiger charge is -2.26. The molecule has 0 aromatic carbocycles. The molecule has 1 aliphatic rings. The van der Waals surface area contributed by atoms with Crippen molar-refractivity contribution in [1.29, 1.82) is 0 Å². The fourth-order valence-corrected chi connectivity index (χ4v) is 4.22. The van der Waals surface area contributed by atoms with E-state index in [0.717, 1.165) is 6.61 Å². The Morgan fingerprint density at radius 3 is 2.87 bits per heavy atom. The fourth-order valence-electron chi connectivity index (χ4n) is 1.80. The van der Waals surface area contributed by atoms with Crippen LogP contribution in [-0.4, -0.2) is 12.7 Å². The summed E-state index contributed by atoms with van der Waals surface area (Å²) in [6.45, 7) is 3.05. The van der Waals surface area contributed by atoms with E-state index in [0.29, 0.717) is 10.9 Å². The van der Waals surface area contributed by atoms with Gasteiger partial charge in [-0.1, -0.05) is 15.9 Å². The standard InChI is InChI=1S/C11H14Br2OS/c1-7-8(12)6-10(15-7)11(13)9-4-2-3-5-14-9/h6,9,11H,2-5H2,1H3. The molecule has 1 aromatic rings. The first-order valence-corrected chi connectivity index (χ1v) is 7.72. The molecule has 2 heterocycles. The minimum atomic E-state index is 0.351. The quantitative estimate of drug-likeness (QED) is 0.692. The van der Waals surface area contributed by atoms with E-state index in [-0.39, 0.29) is 0 Å². The summed E-state index contributed by atoms with van der Waals surface area (Å²) in [4.78, 5) is 3.06. The predicted octanol–water partition coefficient (Wildman–Crippen LogP) is 4.82. The van der Waals surface area contributed by atoms with Crippen molar-refractivity contribution in [1.82, 2.24) is 0 Å². The molecular weight excluding hydrogens is 340 g/mol. The molecule has 2 rings (SSSR count). The molecule has 15 heavy (non-hydrogen) atoms. The van der Waals surface area contributed by atoms with Crippen LogP contribution in [0.2, 0.25) is 0 Å². The van der Waals surface area contributed by atoms with Crippen molar-refractivity contribution in [2.24, 2.45) is 0 Å². The van der Waals surface area contributed by atoms with Crippen LogP contribution in [0.15, 0.2) is 10.5 Å². The van der Waals surface area contributed by atoms with Crippen LogP contribution in [0.4, 0.5) is 0 Å². The number of ether oxygens (including phenoxy) is 1. The van der Waals surface area contributed by atoms with E-state index >= 15 is 0 Å². The molecule has 0 radical (unpaired) electrons. The van der Waals surface area contributed by atoms with Gasteiger partial charge in [-0.25, -0.2) is 0 Å². The summed E-state index contributed by atoms with van der Waals surface area (Å²) >= 11 is 9.16. The highest BCUT2D eigenvalue weighted by Gasteiger charge is 2.25. The molecule has 1 aromatic heterocycles. The summed E-state index contributed by atoms with van der Waals surface area (Å²) in [5.41, 5.74) is 0. The summed E-state index contributed by atoms with van der Waals surface area (Å²) in [7, 11) is 0. The molecule has 0 aliphatic carbocycles. The van der Waals surface area contributed by atoms with Crippen LogP contribution in [0.3, 0.4) is 0 Å². The van der Waals surface area contributed by atoms with Crippen LogP contribution in [0.1, 0.15) is 33.8 Å². The van der Waals surface area contributed by atoms with Gasteiger partial charge in [-0.05, 0) is 48.2 Å². The molecule has 1 fully saturated rings. The second-order valence-corrected chi connectivity index (χ2v) is 6.99. The lowest BCUT2D eigenvalue weighted by atomic mass is 10.1. The second-order valence-electron chi connectivity index (χ2n) is 3.86. The predicted molar refractivity (Wildman–Crippen MR) is 72.0 cm³/mol. The van der Waals surface area contributed by atoms with Crippen molar-refractivity contribution >= 4 is 43.2 Å². The topological polar surface area (TPSA) is 9.23 Å². The van der Waals surface area contributed by atoms with Gasteiger partial charge in [-0.3, -0.25) is 0 Å². The van der Waals surface area contributed by atoms with Crippen LogP contribution in [-0.2, 0) is 4.74 Å². The number of rotatable bonds is 2. The number of hydrogen-bond acceptors (Lipinski definition) is 2. The lowest BCUT2D eigenvalue weighted by Crippen LogP contribution is -2.22. The van der Waals surface area contributed by atoms with Crippen molar-refractivity contribution in [2.45, 2.75) is 37.1 Å². The van der Waals surface area contributed by atoms with E-state index in [1.807, 2.05) is 11.3 Å². The first-order chi connectivity index (χ1) is 7.18. The molecule has 84 valence electrons. The molecule has 1 saturated heterocycles. The zero-order valence-electron chi connectivity index (χ0n) is 8.63. The monoisotopic (exact) mass is 352 g/mol. The van der Waals surface area contributed by atoms with E-state index < -0.39 is 0 Å². The summed E-state index contributed by atoms with van der Waals surface area (Å²) in [5.74, 6) is 0. The summed E-state index contributed by atoms with van der Waals surface area (Å²) < 4.78 is 7.00. The smallest absolute Gasteiger partial charge is 0.0751 e. The molecule has 4 heteroatoms. The number of alkyl halides is 1. The van der Waals surface area contributed by atoms with Gasteiger partial charge in [-0.15, -0.1) is 11.3 Å². The third kappa shape index (κ3) is 2.84. The Hall–Kier alpha value is 0.620. The average molecular weight is 354 g/mol. The fraction of sp³-hybridized carbons (Fsp3) is 0.636. The maximum Gasteiger partial charge on any atom is 0.0751 e. The van der Waals surface area contributed by atoms with E-state index in [9.17, 15) is 0 Å². The van der Waals surface area contributed by atoms with E-state index in [1.54, 1.807) is 0 Å². The number of halogens is 2. The number of thiophene rings is 1. The van der Waals surface area contributed by atoms with Gasteiger partial charge < -0.3 is 4.74 Å². The second kappa shape index (κ2) is 5.30. The zero-order chi connectivity index (χ0) is 10.8. The van der Waals surface area contributed by atoms with Gasteiger partial charge in [0.15, 0.2) is 0 Å². The van der Waals surface area contributed by atoms with Crippen molar-refractivity contribution in [3.05, 3.63) is 20.3 Å². The third-order valence-electron chi connectivity index (χ3n) is 2.69.